The molecule has 0 amide bonds. The second-order valence-corrected chi connectivity index (χ2v) is 5.91. The van der Waals surface area contributed by atoms with Crippen LogP contribution in [-0.2, 0) is 9.53 Å². The number of ether oxygens (including phenoxy) is 3. The van der Waals surface area contributed by atoms with Crippen molar-refractivity contribution in [3.63, 3.8) is 0 Å². The van der Waals surface area contributed by atoms with Crippen LogP contribution >= 0.6 is 15.9 Å². The van der Waals surface area contributed by atoms with Gasteiger partial charge in [-0.2, -0.15) is 0 Å². The number of methoxy groups -OCH3 is 2. The molecule has 0 radical (unpaired) electrons. The Bertz CT molecular complexity index is 836. The number of halogens is 1. The molecule has 1 heterocycles. The Morgan fingerprint density at radius 3 is 2.42 bits per heavy atom. The Morgan fingerprint density at radius 2 is 1.79 bits per heavy atom. The molecule has 0 atom stereocenters. The number of hydrogen-bond donors (Lipinski definition) is 0. The third-order valence-corrected chi connectivity index (χ3v) is 3.86. The van der Waals surface area contributed by atoms with E-state index in [1.54, 1.807) is 38.5 Å². The maximum absolute atomic E-state index is 12.1. The Hall–Kier alpha value is -2.60. The summed E-state index contributed by atoms with van der Waals surface area (Å²) >= 11 is 3.39. The molecule has 0 bridgehead atoms. The van der Waals surface area contributed by atoms with E-state index in [0.29, 0.717) is 11.5 Å². The summed E-state index contributed by atoms with van der Waals surface area (Å²) < 4.78 is 16.6. The quantitative estimate of drug-likeness (QED) is 0.591. The molecule has 3 rings (SSSR count). The van der Waals surface area contributed by atoms with E-state index in [2.05, 4.69) is 20.9 Å². The van der Waals surface area contributed by atoms with Crippen molar-refractivity contribution in [1.82, 2.24) is 0 Å². The number of carbonyl (C=O) groups excluding carboxylic acids is 1. The summed E-state index contributed by atoms with van der Waals surface area (Å²) in [5.41, 5.74) is 1.68. The molecule has 1 aliphatic heterocycles. The summed E-state index contributed by atoms with van der Waals surface area (Å²) in [4.78, 5) is 16.4. The second kappa shape index (κ2) is 6.88. The van der Waals surface area contributed by atoms with E-state index < -0.39 is 5.97 Å². The van der Waals surface area contributed by atoms with Gasteiger partial charge in [0.05, 0.1) is 14.2 Å². The molecule has 1 aliphatic rings. The van der Waals surface area contributed by atoms with E-state index in [-0.39, 0.29) is 11.6 Å². The van der Waals surface area contributed by atoms with E-state index in [0.717, 1.165) is 15.6 Å². The van der Waals surface area contributed by atoms with E-state index in [1.165, 1.54) is 0 Å². The summed E-state index contributed by atoms with van der Waals surface area (Å²) in [5, 5.41) is 0. The van der Waals surface area contributed by atoms with Crippen LogP contribution in [0.1, 0.15) is 11.1 Å². The van der Waals surface area contributed by atoms with Crippen molar-refractivity contribution < 1.29 is 19.0 Å². The molecule has 0 aromatic heterocycles. The zero-order chi connectivity index (χ0) is 17.1. The standard InChI is InChI=1S/C18H14BrNO4/c1-22-14-6-11(7-15(10-14)23-2)8-16-18(21)24-17(20-16)12-4-3-5-13(19)9-12/h3-10H,1-2H3. The van der Waals surface area contributed by atoms with Crippen molar-refractivity contribution in [2.75, 3.05) is 14.2 Å². The van der Waals surface area contributed by atoms with Gasteiger partial charge >= 0.3 is 5.97 Å². The summed E-state index contributed by atoms with van der Waals surface area (Å²) in [7, 11) is 3.14. The van der Waals surface area contributed by atoms with Crippen LogP contribution in [0.15, 0.2) is 57.6 Å². The van der Waals surface area contributed by atoms with Crippen LogP contribution in [0, 0.1) is 0 Å². The molecule has 0 aliphatic carbocycles. The number of nitrogens with zero attached hydrogens (tertiary/aromatic N) is 1. The third kappa shape index (κ3) is 3.49. The summed E-state index contributed by atoms with van der Waals surface area (Å²) in [5.74, 6) is 1.04. The Morgan fingerprint density at radius 1 is 1.08 bits per heavy atom. The van der Waals surface area contributed by atoms with Gasteiger partial charge in [-0.15, -0.1) is 0 Å². The summed E-state index contributed by atoms with van der Waals surface area (Å²) in [6.45, 7) is 0. The molecule has 5 nitrogen and oxygen atoms in total. The lowest BCUT2D eigenvalue weighted by Gasteiger charge is -2.05. The van der Waals surface area contributed by atoms with Crippen LogP contribution in [0.5, 0.6) is 11.5 Å². The van der Waals surface area contributed by atoms with Gasteiger partial charge in [-0.05, 0) is 42.0 Å². The fraction of sp³-hybridized carbons (Fsp3) is 0.111. The van der Waals surface area contributed by atoms with Gasteiger partial charge in [0.15, 0.2) is 5.70 Å². The minimum atomic E-state index is -0.494. The number of benzene rings is 2. The molecule has 6 heteroatoms. The molecule has 0 spiro atoms. The highest BCUT2D eigenvalue weighted by Crippen LogP contribution is 2.26. The number of rotatable bonds is 4. The third-order valence-electron chi connectivity index (χ3n) is 3.37. The van der Waals surface area contributed by atoms with Crippen molar-refractivity contribution in [1.29, 1.82) is 0 Å². The first kappa shape index (κ1) is 16.3. The minimum Gasteiger partial charge on any atom is -0.497 e. The molecule has 122 valence electrons. The van der Waals surface area contributed by atoms with Gasteiger partial charge < -0.3 is 14.2 Å². The van der Waals surface area contributed by atoms with Crippen LogP contribution in [0.4, 0.5) is 0 Å². The smallest absolute Gasteiger partial charge is 0.363 e. The number of aliphatic imine (C=N–C) groups is 1. The molecule has 0 fully saturated rings. The molecule has 0 saturated heterocycles. The number of carbonyl (C=O) groups is 1. The topological polar surface area (TPSA) is 57.1 Å². The monoisotopic (exact) mass is 387 g/mol. The van der Waals surface area contributed by atoms with Crippen molar-refractivity contribution in [2.24, 2.45) is 4.99 Å². The van der Waals surface area contributed by atoms with Crippen LogP contribution in [0.25, 0.3) is 6.08 Å². The molecule has 24 heavy (non-hydrogen) atoms. The highest BCUT2D eigenvalue weighted by molar-refractivity contribution is 9.10. The lowest BCUT2D eigenvalue weighted by Crippen LogP contribution is -2.05. The fourth-order valence-electron chi connectivity index (χ4n) is 2.22. The highest BCUT2D eigenvalue weighted by Gasteiger charge is 2.24. The average Bonchev–Trinajstić information content (AvgIpc) is 2.95. The van der Waals surface area contributed by atoms with Crippen molar-refractivity contribution in [2.45, 2.75) is 0 Å². The van der Waals surface area contributed by atoms with Crippen LogP contribution in [-0.4, -0.2) is 26.1 Å². The summed E-state index contributed by atoms with van der Waals surface area (Å²) in [6, 6.07) is 12.7. The normalized spacial score (nSPS) is 15.2. The zero-order valence-electron chi connectivity index (χ0n) is 13.1. The SMILES string of the molecule is COc1cc(C=C2N=C(c3cccc(Br)c3)OC2=O)cc(OC)c1. The lowest BCUT2D eigenvalue weighted by atomic mass is 10.1. The van der Waals surface area contributed by atoms with Crippen LogP contribution in [0.3, 0.4) is 0 Å². The number of esters is 1. The van der Waals surface area contributed by atoms with Crippen molar-refractivity contribution >= 4 is 33.9 Å². The predicted molar refractivity (Wildman–Crippen MR) is 94.3 cm³/mol. The first-order valence-electron chi connectivity index (χ1n) is 7.10. The van der Waals surface area contributed by atoms with Gasteiger partial charge in [-0.25, -0.2) is 9.79 Å². The Kier molecular flexibility index (Phi) is 4.66. The second-order valence-electron chi connectivity index (χ2n) is 4.99. The predicted octanol–water partition coefficient (Wildman–Crippen LogP) is 3.81. The first-order chi connectivity index (χ1) is 11.6. The fourth-order valence-corrected chi connectivity index (χ4v) is 2.62. The highest BCUT2D eigenvalue weighted by atomic mass is 79.9. The minimum absolute atomic E-state index is 0.222. The van der Waals surface area contributed by atoms with Crippen LogP contribution in [0.2, 0.25) is 0 Å². The molecule has 0 saturated carbocycles. The van der Waals surface area contributed by atoms with Crippen molar-refractivity contribution in [3.05, 3.63) is 63.8 Å². The Labute approximate surface area is 147 Å². The van der Waals surface area contributed by atoms with Crippen LogP contribution < -0.4 is 9.47 Å². The lowest BCUT2D eigenvalue weighted by molar-refractivity contribution is -0.129. The van der Waals surface area contributed by atoms with E-state index in [4.69, 9.17) is 14.2 Å². The van der Waals surface area contributed by atoms with Gasteiger partial charge in [-0.3, -0.25) is 0 Å². The first-order valence-corrected chi connectivity index (χ1v) is 7.90. The maximum Gasteiger partial charge on any atom is 0.363 e. The molecule has 0 unspecified atom stereocenters. The summed E-state index contributed by atoms with van der Waals surface area (Å²) in [6.07, 6.45) is 1.64. The van der Waals surface area contributed by atoms with Crippen molar-refractivity contribution in [3.8, 4) is 11.5 Å². The Balaban J connectivity index is 1.97. The number of cyclic esters (lactones) is 1. The molecule has 2 aromatic carbocycles. The molecule has 2 aromatic rings. The van der Waals surface area contributed by atoms with E-state index in [9.17, 15) is 4.79 Å². The average molecular weight is 388 g/mol. The maximum atomic E-state index is 12.1. The zero-order valence-corrected chi connectivity index (χ0v) is 14.7. The van der Waals surface area contributed by atoms with E-state index >= 15 is 0 Å². The van der Waals surface area contributed by atoms with Gasteiger partial charge in [0, 0.05) is 16.1 Å². The van der Waals surface area contributed by atoms with Gasteiger partial charge in [0.1, 0.15) is 11.5 Å². The molecular weight excluding hydrogens is 374 g/mol. The molecular formula is C18H14BrNO4. The molecule has 0 N–H and O–H groups in total. The number of hydrogen-bond acceptors (Lipinski definition) is 5. The van der Waals surface area contributed by atoms with Gasteiger partial charge in [-0.1, -0.05) is 22.0 Å². The van der Waals surface area contributed by atoms with Gasteiger partial charge in [0.25, 0.3) is 0 Å². The van der Waals surface area contributed by atoms with E-state index in [1.807, 2.05) is 24.3 Å². The largest absolute Gasteiger partial charge is 0.497 e. The van der Waals surface area contributed by atoms with Gasteiger partial charge in [0.2, 0.25) is 5.90 Å².